The molecule has 0 aromatic heterocycles. The Morgan fingerprint density at radius 2 is 1.90 bits per heavy atom. The van der Waals surface area contributed by atoms with Crippen molar-refractivity contribution in [3.05, 3.63) is 35.6 Å². The second kappa shape index (κ2) is 6.89. The fourth-order valence-electron chi connectivity index (χ4n) is 4.16. The molecule has 1 aliphatic heterocycles. The maximum atomic E-state index is 13.4. The topological polar surface area (TPSA) is 23.5 Å². The second-order valence-electron chi connectivity index (χ2n) is 6.68. The molecule has 116 valence electrons. The fraction of sp³-hybridized carbons (Fsp3) is 0.667. The van der Waals surface area contributed by atoms with Crippen LogP contribution in [-0.4, -0.2) is 28.7 Å². The van der Waals surface area contributed by atoms with Crippen LogP contribution < -0.4 is 0 Å². The van der Waals surface area contributed by atoms with Crippen LogP contribution in [0.2, 0.25) is 0 Å². The number of likely N-dealkylation sites (tertiary alicyclic amines) is 1. The molecule has 2 aliphatic rings. The smallest absolute Gasteiger partial charge is 0.123 e. The maximum Gasteiger partial charge on any atom is 0.123 e. The molecule has 3 heteroatoms. The van der Waals surface area contributed by atoms with Crippen LogP contribution >= 0.6 is 0 Å². The number of halogens is 1. The quantitative estimate of drug-likeness (QED) is 0.917. The van der Waals surface area contributed by atoms with Gasteiger partial charge in [-0.15, -0.1) is 0 Å². The third kappa shape index (κ3) is 3.64. The Kier molecular flexibility index (Phi) is 4.91. The molecule has 0 bridgehead atoms. The summed E-state index contributed by atoms with van der Waals surface area (Å²) < 4.78 is 13.4. The largest absolute Gasteiger partial charge is 0.393 e. The lowest BCUT2D eigenvalue weighted by atomic mass is 9.78. The predicted molar refractivity (Wildman–Crippen MR) is 82.4 cm³/mol. The minimum atomic E-state index is -0.154. The highest BCUT2D eigenvalue weighted by atomic mass is 19.1. The molecule has 3 rings (SSSR count). The van der Waals surface area contributed by atoms with Crippen LogP contribution in [0, 0.1) is 11.7 Å². The third-order valence-electron chi connectivity index (χ3n) is 5.21. The van der Waals surface area contributed by atoms with E-state index in [-0.39, 0.29) is 11.9 Å². The average molecular weight is 291 g/mol. The van der Waals surface area contributed by atoms with Gasteiger partial charge in [0.2, 0.25) is 0 Å². The monoisotopic (exact) mass is 291 g/mol. The Morgan fingerprint density at radius 1 is 1.10 bits per heavy atom. The molecule has 3 unspecified atom stereocenters. The van der Waals surface area contributed by atoms with Crippen molar-refractivity contribution in [2.45, 2.75) is 63.6 Å². The van der Waals surface area contributed by atoms with E-state index in [1.165, 1.54) is 31.7 Å². The molecule has 2 nitrogen and oxygen atoms in total. The molecule has 1 N–H and O–H groups in total. The van der Waals surface area contributed by atoms with Gasteiger partial charge in [0.25, 0.3) is 0 Å². The average Bonchev–Trinajstić information content (AvgIpc) is 2.49. The first-order valence-electron chi connectivity index (χ1n) is 8.40. The number of aliphatic hydroxyl groups is 1. The zero-order chi connectivity index (χ0) is 14.7. The molecule has 0 amide bonds. The first kappa shape index (κ1) is 15.0. The molecule has 0 radical (unpaired) electrons. The number of aliphatic hydroxyl groups excluding tert-OH is 1. The van der Waals surface area contributed by atoms with E-state index in [2.05, 4.69) is 4.90 Å². The molecule has 0 spiro atoms. The zero-order valence-corrected chi connectivity index (χ0v) is 12.7. The molecule has 1 saturated carbocycles. The van der Waals surface area contributed by atoms with Gasteiger partial charge in [-0.05, 0) is 49.9 Å². The summed E-state index contributed by atoms with van der Waals surface area (Å²) in [6.07, 6.45) is 8.01. The van der Waals surface area contributed by atoms with E-state index in [1.54, 1.807) is 12.1 Å². The van der Waals surface area contributed by atoms with Gasteiger partial charge in [-0.1, -0.05) is 31.4 Å². The second-order valence-corrected chi connectivity index (χ2v) is 6.68. The predicted octanol–water partition coefficient (Wildman–Crippen LogP) is 3.73. The molecule has 1 aliphatic carbocycles. The number of benzene rings is 1. The van der Waals surface area contributed by atoms with Crippen LogP contribution in [0.25, 0.3) is 0 Å². The minimum Gasteiger partial charge on any atom is -0.393 e. The summed E-state index contributed by atoms with van der Waals surface area (Å²) in [5.41, 5.74) is 1.05. The van der Waals surface area contributed by atoms with Crippen molar-refractivity contribution in [3.8, 4) is 0 Å². The van der Waals surface area contributed by atoms with Gasteiger partial charge in [0, 0.05) is 18.5 Å². The van der Waals surface area contributed by atoms with Crippen LogP contribution in [0.3, 0.4) is 0 Å². The summed E-state index contributed by atoms with van der Waals surface area (Å²) in [5, 5.41) is 10.4. The van der Waals surface area contributed by atoms with E-state index in [1.807, 2.05) is 6.07 Å². The lowest BCUT2D eigenvalue weighted by Gasteiger charge is -2.43. The number of piperidine rings is 1. The van der Waals surface area contributed by atoms with Gasteiger partial charge in [0.05, 0.1) is 6.10 Å². The van der Waals surface area contributed by atoms with Gasteiger partial charge in [-0.2, -0.15) is 0 Å². The SMILES string of the molecule is OC1CCCCC1C1CCCCN1Cc1cccc(F)c1. The van der Waals surface area contributed by atoms with Crippen molar-refractivity contribution in [2.75, 3.05) is 6.54 Å². The molecule has 1 aromatic carbocycles. The summed E-state index contributed by atoms with van der Waals surface area (Å²) in [5.74, 6) is 0.256. The highest BCUT2D eigenvalue weighted by Crippen LogP contribution is 2.34. The van der Waals surface area contributed by atoms with Crippen LogP contribution in [-0.2, 0) is 6.54 Å². The molecule has 1 saturated heterocycles. The molecule has 2 fully saturated rings. The summed E-state index contributed by atoms with van der Waals surface area (Å²) in [4.78, 5) is 2.48. The van der Waals surface area contributed by atoms with Crippen molar-refractivity contribution in [1.29, 1.82) is 0 Å². The zero-order valence-electron chi connectivity index (χ0n) is 12.7. The highest BCUT2D eigenvalue weighted by Gasteiger charge is 2.35. The summed E-state index contributed by atoms with van der Waals surface area (Å²) in [6, 6.07) is 7.41. The van der Waals surface area contributed by atoms with E-state index < -0.39 is 0 Å². The van der Waals surface area contributed by atoms with E-state index in [4.69, 9.17) is 0 Å². The Bertz CT molecular complexity index is 464. The summed E-state index contributed by atoms with van der Waals surface area (Å²) in [7, 11) is 0. The summed E-state index contributed by atoms with van der Waals surface area (Å²) in [6.45, 7) is 1.88. The molecular weight excluding hydrogens is 265 g/mol. The lowest BCUT2D eigenvalue weighted by molar-refractivity contribution is -0.00864. The number of hydrogen-bond donors (Lipinski definition) is 1. The van der Waals surface area contributed by atoms with Crippen molar-refractivity contribution in [1.82, 2.24) is 4.90 Å². The standard InChI is InChI=1S/C18H26FNO/c19-15-7-5-6-14(12-15)13-20-11-4-3-9-17(20)16-8-1-2-10-18(16)21/h5-7,12,16-18,21H,1-4,8-11,13H2. The van der Waals surface area contributed by atoms with Crippen LogP contribution in [0.5, 0.6) is 0 Å². The minimum absolute atomic E-state index is 0.142. The highest BCUT2D eigenvalue weighted by molar-refractivity contribution is 5.16. The number of hydrogen-bond acceptors (Lipinski definition) is 2. The Balaban J connectivity index is 1.71. The van der Waals surface area contributed by atoms with Gasteiger partial charge in [-0.3, -0.25) is 4.90 Å². The van der Waals surface area contributed by atoms with Gasteiger partial charge >= 0.3 is 0 Å². The normalized spacial score (nSPS) is 31.2. The van der Waals surface area contributed by atoms with E-state index >= 15 is 0 Å². The number of nitrogens with zero attached hydrogens (tertiary/aromatic N) is 1. The molecule has 3 atom stereocenters. The molecule has 21 heavy (non-hydrogen) atoms. The maximum absolute atomic E-state index is 13.4. The van der Waals surface area contributed by atoms with Crippen molar-refractivity contribution >= 4 is 0 Å². The van der Waals surface area contributed by atoms with Gasteiger partial charge in [0.1, 0.15) is 5.82 Å². The van der Waals surface area contributed by atoms with Crippen LogP contribution in [0.15, 0.2) is 24.3 Å². The van der Waals surface area contributed by atoms with E-state index in [0.717, 1.165) is 37.9 Å². The van der Waals surface area contributed by atoms with Gasteiger partial charge < -0.3 is 5.11 Å². The van der Waals surface area contributed by atoms with Crippen molar-refractivity contribution in [3.63, 3.8) is 0 Å². The van der Waals surface area contributed by atoms with Crippen LogP contribution in [0.4, 0.5) is 4.39 Å². The molecular formula is C18H26FNO. The summed E-state index contributed by atoms with van der Waals surface area (Å²) >= 11 is 0. The Morgan fingerprint density at radius 3 is 2.71 bits per heavy atom. The van der Waals surface area contributed by atoms with E-state index in [9.17, 15) is 9.50 Å². The number of rotatable bonds is 3. The van der Waals surface area contributed by atoms with Crippen molar-refractivity contribution < 1.29 is 9.50 Å². The van der Waals surface area contributed by atoms with Gasteiger partial charge in [-0.25, -0.2) is 4.39 Å². The first-order chi connectivity index (χ1) is 10.2. The van der Waals surface area contributed by atoms with Crippen molar-refractivity contribution in [2.24, 2.45) is 5.92 Å². The van der Waals surface area contributed by atoms with Crippen LogP contribution in [0.1, 0.15) is 50.5 Å². The Labute approximate surface area is 127 Å². The van der Waals surface area contributed by atoms with E-state index in [0.29, 0.717) is 12.0 Å². The third-order valence-corrected chi connectivity index (χ3v) is 5.21. The first-order valence-corrected chi connectivity index (χ1v) is 8.40. The Hall–Kier alpha value is -0.930. The lowest BCUT2D eigenvalue weighted by Crippen LogP contribution is -2.48. The van der Waals surface area contributed by atoms with Gasteiger partial charge in [0.15, 0.2) is 0 Å². The molecule has 1 aromatic rings. The fourth-order valence-corrected chi connectivity index (χ4v) is 4.16. The molecule has 1 heterocycles.